The van der Waals surface area contributed by atoms with Gasteiger partial charge >= 0.3 is 18.2 Å². The average molecular weight is 429 g/mol. The van der Waals surface area contributed by atoms with Crippen LogP contribution in [0.1, 0.15) is 57.2 Å². The summed E-state index contributed by atoms with van der Waals surface area (Å²) in [6.07, 6.45) is -3.22. The van der Waals surface area contributed by atoms with Crippen molar-refractivity contribution >= 4 is 12.0 Å². The first kappa shape index (κ1) is 24.0. The highest BCUT2D eigenvalue weighted by atomic mass is 19.4. The smallest absolute Gasteiger partial charge is 0.416 e. The number of benzene rings is 1. The summed E-state index contributed by atoms with van der Waals surface area (Å²) in [7, 11) is 0. The van der Waals surface area contributed by atoms with Gasteiger partial charge in [-0.25, -0.2) is 4.79 Å². The molecule has 0 radical (unpaired) electrons. The summed E-state index contributed by atoms with van der Waals surface area (Å²) in [5, 5.41) is 0. The molecule has 30 heavy (non-hydrogen) atoms. The topological polar surface area (TPSA) is 75.9 Å². The Morgan fingerprint density at radius 3 is 2.50 bits per heavy atom. The third kappa shape index (κ3) is 6.62. The van der Waals surface area contributed by atoms with Crippen molar-refractivity contribution in [3.8, 4) is 0 Å². The number of halogens is 3. The first-order valence-corrected chi connectivity index (χ1v) is 10.1. The molecular formula is C21H30F3N3O3. The second-order valence-corrected chi connectivity index (χ2v) is 8.39. The maximum Gasteiger partial charge on any atom is 0.416 e. The number of nitrogens with zero attached hydrogens (tertiary/aromatic N) is 2. The molecule has 0 spiro atoms. The van der Waals surface area contributed by atoms with Crippen molar-refractivity contribution in [1.29, 1.82) is 0 Å². The number of carbonyl (C=O) groups excluding carboxylic acids is 2. The molecule has 2 rings (SSSR count). The molecule has 1 atom stereocenters. The minimum atomic E-state index is -4.52. The molecule has 1 aliphatic rings. The predicted octanol–water partition coefficient (Wildman–Crippen LogP) is 3.95. The van der Waals surface area contributed by atoms with Gasteiger partial charge in [0.2, 0.25) is 0 Å². The fourth-order valence-corrected chi connectivity index (χ4v) is 3.42. The van der Waals surface area contributed by atoms with E-state index in [1.165, 1.54) is 17.0 Å². The number of alkyl halides is 3. The number of esters is 1. The van der Waals surface area contributed by atoms with Crippen molar-refractivity contribution in [2.75, 3.05) is 26.2 Å². The van der Waals surface area contributed by atoms with E-state index in [4.69, 9.17) is 10.5 Å². The van der Waals surface area contributed by atoms with Gasteiger partial charge in [-0.3, -0.25) is 4.79 Å². The molecule has 0 bridgehead atoms. The summed E-state index contributed by atoms with van der Waals surface area (Å²) < 4.78 is 45.0. The summed E-state index contributed by atoms with van der Waals surface area (Å²) in [4.78, 5) is 28.5. The molecule has 0 aromatic heterocycles. The van der Waals surface area contributed by atoms with E-state index in [1.54, 1.807) is 25.7 Å². The molecule has 2 N–H and O–H groups in total. The maximum absolute atomic E-state index is 13.2. The summed E-state index contributed by atoms with van der Waals surface area (Å²) in [6.45, 7) is 6.96. The van der Waals surface area contributed by atoms with Crippen molar-refractivity contribution in [1.82, 2.24) is 9.80 Å². The molecule has 1 fully saturated rings. The zero-order valence-electron chi connectivity index (χ0n) is 17.7. The molecular weight excluding hydrogens is 399 g/mol. The first-order valence-electron chi connectivity index (χ1n) is 10.1. The normalized spacial score (nSPS) is 16.2. The number of nitrogens with two attached hydrogens (primary N) is 1. The highest BCUT2D eigenvalue weighted by Crippen LogP contribution is 2.34. The van der Waals surface area contributed by atoms with Crippen LogP contribution in [0.4, 0.5) is 18.0 Å². The zero-order chi connectivity index (χ0) is 22.5. The van der Waals surface area contributed by atoms with Gasteiger partial charge in [0.05, 0.1) is 18.0 Å². The van der Waals surface area contributed by atoms with E-state index in [0.29, 0.717) is 26.2 Å². The first-order chi connectivity index (χ1) is 13.9. The van der Waals surface area contributed by atoms with Gasteiger partial charge in [0.15, 0.2) is 0 Å². The van der Waals surface area contributed by atoms with Gasteiger partial charge in [-0.2, -0.15) is 13.2 Å². The van der Waals surface area contributed by atoms with Gasteiger partial charge in [0, 0.05) is 19.6 Å². The molecule has 0 aliphatic carbocycles. The lowest BCUT2D eigenvalue weighted by molar-refractivity contribution is -0.156. The Kier molecular flexibility index (Phi) is 7.74. The van der Waals surface area contributed by atoms with E-state index in [1.807, 2.05) is 0 Å². The third-order valence-electron chi connectivity index (χ3n) is 4.76. The van der Waals surface area contributed by atoms with Crippen molar-refractivity contribution in [2.45, 2.75) is 57.9 Å². The van der Waals surface area contributed by atoms with E-state index < -0.39 is 29.4 Å². The Bertz CT molecular complexity index is 747. The number of unbranched alkanes of at least 4 members (excludes halogenated alkanes) is 1. The van der Waals surface area contributed by atoms with E-state index in [0.717, 1.165) is 25.0 Å². The summed E-state index contributed by atoms with van der Waals surface area (Å²) >= 11 is 0. The number of rotatable bonds is 8. The number of amides is 2. The van der Waals surface area contributed by atoms with Crippen molar-refractivity contribution in [3.63, 3.8) is 0 Å². The molecule has 168 valence electrons. The van der Waals surface area contributed by atoms with Gasteiger partial charge in [-0.15, -0.1) is 0 Å². The summed E-state index contributed by atoms with van der Waals surface area (Å²) in [5.41, 5.74) is 4.20. The van der Waals surface area contributed by atoms with Crippen LogP contribution in [0.3, 0.4) is 0 Å². The summed E-state index contributed by atoms with van der Waals surface area (Å²) in [5.74, 6) is -0.570. The molecule has 1 aromatic rings. The molecule has 2 amide bonds. The second-order valence-electron chi connectivity index (χ2n) is 8.39. The molecule has 1 aromatic carbocycles. The van der Waals surface area contributed by atoms with Crippen molar-refractivity contribution in [3.05, 3.63) is 35.4 Å². The van der Waals surface area contributed by atoms with Gasteiger partial charge in [0.25, 0.3) is 0 Å². The Labute approximate surface area is 175 Å². The number of hydrogen-bond donors (Lipinski definition) is 1. The molecule has 6 nitrogen and oxygen atoms in total. The lowest BCUT2D eigenvalue weighted by Gasteiger charge is -2.29. The van der Waals surface area contributed by atoms with Crippen LogP contribution in [0.25, 0.3) is 0 Å². The Balaban J connectivity index is 2.29. The third-order valence-corrected chi connectivity index (χ3v) is 4.76. The Hall–Kier alpha value is -2.29. The average Bonchev–Trinajstić information content (AvgIpc) is 2.98. The van der Waals surface area contributed by atoms with Crippen LogP contribution in [0, 0.1) is 0 Å². The van der Waals surface area contributed by atoms with Crippen LogP contribution in [0.15, 0.2) is 24.3 Å². The minimum absolute atomic E-state index is 0.221. The predicted molar refractivity (Wildman–Crippen MR) is 107 cm³/mol. The molecule has 0 saturated carbocycles. The monoisotopic (exact) mass is 429 g/mol. The van der Waals surface area contributed by atoms with Crippen LogP contribution < -0.4 is 5.73 Å². The number of urea groups is 1. The summed E-state index contributed by atoms with van der Waals surface area (Å²) in [6, 6.07) is 3.64. The maximum atomic E-state index is 13.2. The van der Waals surface area contributed by atoms with Crippen molar-refractivity contribution < 1.29 is 27.5 Å². The quantitative estimate of drug-likeness (QED) is 0.501. The molecule has 1 heterocycles. The van der Waals surface area contributed by atoms with Crippen LogP contribution in [0.5, 0.6) is 0 Å². The minimum Gasteiger partial charge on any atom is -0.460 e. The number of carbonyl (C=O) groups is 2. The zero-order valence-corrected chi connectivity index (χ0v) is 17.7. The highest BCUT2D eigenvalue weighted by molar-refractivity contribution is 5.79. The van der Waals surface area contributed by atoms with E-state index in [9.17, 15) is 22.8 Å². The molecule has 1 aliphatic heterocycles. The van der Waals surface area contributed by atoms with Crippen LogP contribution in [-0.2, 0) is 15.7 Å². The second kappa shape index (κ2) is 9.68. The molecule has 1 unspecified atom stereocenters. The SMILES string of the molecule is CC(C)(C)OC(=O)CC(c1cccc(C(F)(F)F)c1)N1CCN(CCCCN)C1=O. The standard InChI is InChI=1S/C21H30F3N3O3/c1-20(2,3)30-18(28)14-17(15-7-6-8-16(13-15)21(22,23)24)27-12-11-26(19(27)29)10-5-4-9-25/h6-8,13,17H,4-5,9-12,14,25H2,1-3H3. The van der Waals surface area contributed by atoms with Gasteiger partial charge in [-0.05, 0) is 57.9 Å². The van der Waals surface area contributed by atoms with E-state index >= 15 is 0 Å². The van der Waals surface area contributed by atoms with Crippen LogP contribution in [0.2, 0.25) is 0 Å². The van der Waals surface area contributed by atoms with Gasteiger partial charge in [0.1, 0.15) is 5.60 Å². The lowest BCUT2D eigenvalue weighted by Crippen LogP contribution is -2.37. The fraction of sp³-hybridized carbons (Fsp3) is 0.619. The van der Waals surface area contributed by atoms with Crippen molar-refractivity contribution in [2.24, 2.45) is 5.73 Å². The Morgan fingerprint density at radius 1 is 1.20 bits per heavy atom. The fourth-order valence-electron chi connectivity index (χ4n) is 3.42. The van der Waals surface area contributed by atoms with E-state index in [2.05, 4.69) is 0 Å². The van der Waals surface area contributed by atoms with Crippen LogP contribution in [-0.4, -0.2) is 53.6 Å². The molecule has 9 heteroatoms. The molecule has 1 saturated heterocycles. The van der Waals surface area contributed by atoms with Gasteiger partial charge in [-0.1, -0.05) is 12.1 Å². The van der Waals surface area contributed by atoms with Gasteiger partial charge < -0.3 is 20.3 Å². The lowest BCUT2D eigenvalue weighted by atomic mass is 9.99. The van der Waals surface area contributed by atoms with Crippen LogP contribution >= 0.6 is 0 Å². The Morgan fingerprint density at radius 2 is 1.90 bits per heavy atom. The van der Waals surface area contributed by atoms with E-state index in [-0.39, 0.29) is 18.0 Å². The highest BCUT2D eigenvalue weighted by Gasteiger charge is 2.37. The number of ether oxygens (including phenoxy) is 1. The largest absolute Gasteiger partial charge is 0.460 e. The number of hydrogen-bond acceptors (Lipinski definition) is 4.